The van der Waals surface area contributed by atoms with Gasteiger partial charge in [0, 0.05) is 24.2 Å². The second-order valence-corrected chi connectivity index (χ2v) is 9.62. The highest BCUT2D eigenvalue weighted by Gasteiger charge is 2.22. The molecule has 1 amide bonds. The third-order valence-electron chi connectivity index (χ3n) is 5.91. The van der Waals surface area contributed by atoms with E-state index in [9.17, 15) is 28.0 Å². The maximum absolute atomic E-state index is 14.2. The second kappa shape index (κ2) is 10.1. The van der Waals surface area contributed by atoms with Crippen molar-refractivity contribution in [3.8, 4) is 0 Å². The Balaban J connectivity index is 1.92. The van der Waals surface area contributed by atoms with Gasteiger partial charge in [0.1, 0.15) is 18.2 Å². The van der Waals surface area contributed by atoms with Gasteiger partial charge in [0.05, 0.1) is 16.5 Å². The van der Waals surface area contributed by atoms with Crippen LogP contribution < -0.4 is 16.6 Å². The predicted molar refractivity (Wildman–Crippen MR) is 134 cm³/mol. The molecule has 9 nitrogen and oxygen atoms in total. The summed E-state index contributed by atoms with van der Waals surface area (Å²) in [5.41, 5.74) is -1.12. The van der Waals surface area contributed by atoms with Gasteiger partial charge in [-0.2, -0.15) is 0 Å². The van der Waals surface area contributed by atoms with E-state index >= 15 is 0 Å². The first-order valence-corrected chi connectivity index (χ1v) is 11.9. The summed E-state index contributed by atoms with van der Waals surface area (Å²) in [6.45, 7) is 7.23. The number of Topliss-reactive ketones (excluding diaryl/α,β-unsaturated/α-hetero) is 1. The van der Waals surface area contributed by atoms with Gasteiger partial charge in [0.25, 0.3) is 11.5 Å². The molecule has 4 rings (SSSR count). The summed E-state index contributed by atoms with van der Waals surface area (Å²) in [5, 5.41) is 7.22. The Bertz CT molecular complexity index is 1650. The third-order valence-corrected chi connectivity index (χ3v) is 5.91. The van der Waals surface area contributed by atoms with Crippen LogP contribution in [0.3, 0.4) is 0 Å². The van der Waals surface area contributed by atoms with Crippen molar-refractivity contribution in [3.63, 3.8) is 0 Å². The number of ketones is 1. The van der Waals surface area contributed by atoms with Crippen molar-refractivity contribution in [1.82, 2.24) is 24.1 Å². The van der Waals surface area contributed by atoms with Crippen LogP contribution in [0.5, 0.6) is 0 Å². The van der Waals surface area contributed by atoms with Crippen LogP contribution in [0.4, 0.5) is 8.78 Å². The van der Waals surface area contributed by atoms with Crippen molar-refractivity contribution < 1.29 is 18.4 Å². The molecular weight excluding hydrogens is 484 g/mol. The minimum Gasteiger partial charge on any atom is -0.350 e. The number of halogens is 2. The summed E-state index contributed by atoms with van der Waals surface area (Å²) < 4.78 is 30.8. The minimum atomic E-state index is -1.05. The summed E-state index contributed by atoms with van der Waals surface area (Å²) in [5.74, 6) is -2.81. The highest BCUT2D eigenvalue weighted by molar-refractivity contribution is 5.98. The van der Waals surface area contributed by atoms with E-state index in [4.69, 9.17) is 0 Å². The number of hydrogen-bond donors (Lipinski definition) is 1. The normalized spacial score (nSPS) is 11.7. The van der Waals surface area contributed by atoms with Crippen molar-refractivity contribution in [3.05, 3.63) is 80.0 Å². The Morgan fingerprint density at radius 1 is 1.03 bits per heavy atom. The van der Waals surface area contributed by atoms with E-state index < -0.39 is 35.2 Å². The van der Waals surface area contributed by atoms with Crippen molar-refractivity contribution in [2.75, 3.05) is 0 Å². The van der Waals surface area contributed by atoms with Gasteiger partial charge in [-0.1, -0.05) is 13.8 Å². The molecule has 11 heteroatoms. The van der Waals surface area contributed by atoms with Gasteiger partial charge in [0.2, 0.25) is 5.78 Å². The Labute approximate surface area is 210 Å². The molecule has 0 radical (unpaired) electrons. The molecule has 0 aliphatic heterocycles. The van der Waals surface area contributed by atoms with Crippen molar-refractivity contribution in [2.45, 2.75) is 53.2 Å². The number of nitrogens with zero attached hydrogens (tertiary/aromatic N) is 4. The van der Waals surface area contributed by atoms with E-state index in [1.807, 2.05) is 13.8 Å². The molecular formula is C26H27F2N5O4. The number of nitrogens with one attached hydrogen (secondary N) is 1. The fourth-order valence-electron chi connectivity index (χ4n) is 4.03. The molecule has 0 unspecified atom stereocenters. The number of carbonyl (C=O) groups is 2. The van der Waals surface area contributed by atoms with Gasteiger partial charge < -0.3 is 5.32 Å². The number of rotatable bonds is 8. The Hall–Kier alpha value is -4.15. The van der Waals surface area contributed by atoms with Crippen LogP contribution in [0.2, 0.25) is 0 Å². The average Bonchev–Trinajstić information content (AvgIpc) is 3.13. The average molecular weight is 512 g/mol. The molecule has 0 saturated heterocycles. The van der Waals surface area contributed by atoms with Gasteiger partial charge in [-0.05, 0) is 56.5 Å². The fraction of sp³-hybridized carbons (Fsp3) is 0.346. The fourth-order valence-corrected chi connectivity index (χ4v) is 4.03. The number of amides is 1. The molecule has 2 aromatic carbocycles. The lowest BCUT2D eigenvalue weighted by molar-refractivity contribution is 0.0940. The van der Waals surface area contributed by atoms with Gasteiger partial charge in [0.15, 0.2) is 5.78 Å². The van der Waals surface area contributed by atoms with E-state index in [1.165, 1.54) is 27.2 Å². The lowest BCUT2D eigenvalue weighted by atomic mass is 10.1. The monoisotopic (exact) mass is 511 g/mol. The second-order valence-electron chi connectivity index (χ2n) is 9.62. The molecule has 1 N–H and O–H groups in total. The highest BCUT2D eigenvalue weighted by atomic mass is 19.1. The van der Waals surface area contributed by atoms with E-state index in [0.717, 1.165) is 16.8 Å². The van der Waals surface area contributed by atoms with Crippen molar-refractivity contribution in [1.29, 1.82) is 0 Å². The molecule has 0 aliphatic rings. The van der Waals surface area contributed by atoms with Crippen LogP contribution in [0.1, 0.15) is 54.8 Å². The molecule has 0 aliphatic carbocycles. The van der Waals surface area contributed by atoms with Crippen molar-refractivity contribution in [2.24, 2.45) is 5.92 Å². The van der Waals surface area contributed by atoms with Crippen LogP contribution in [-0.2, 0) is 13.1 Å². The lowest BCUT2D eigenvalue weighted by Gasteiger charge is -2.12. The van der Waals surface area contributed by atoms with E-state index in [-0.39, 0.29) is 52.2 Å². The standard InChI is InChI=1S/C26H27F2N5O4/c1-14(2)9-10-31-24(36)19-7-5-16(23(35)29-15(3)4)11-21(19)33-25(31)30-32(26(33)37)13-22(34)18-8-6-17(27)12-20(18)28/h5-8,11-12,14-15H,9-10,13H2,1-4H3,(H,29,35). The van der Waals surface area contributed by atoms with E-state index in [1.54, 1.807) is 13.8 Å². The van der Waals surface area contributed by atoms with Gasteiger partial charge in [-0.3, -0.25) is 19.0 Å². The minimum absolute atomic E-state index is 0.00283. The smallest absolute Gasteiger partial charge is 0.350 e. The molecule has 194 valence electrons. The van der Waals surface area contributed by atoms with E-state index in [0.29, 0.717) is 12.5 Å². The molecule has 0 atom stereocenters. The van der Waals surface area contributed by atoms with Crippen LogP contribution in [0, 0.1) is 17.6 Å². The van der Waals surface area contributed by atoms with Crippen molar-refractivity contribution >= 4 is 28.4 Å². The molecule has 37 heavy (non-hydrogen) atoms. The van der Waals surface area contributed by atoms with E-state index in [2.05, 4.69) is 10.4 Å². The van der Waals surface area contributed by atoms with Crippen LogP contribution >= 0.6 is 0 Å². The number of benzene rings is 2. The Kier molecular flexibility index (Phi) is 7.06. The number of carbonyl (C=O) groups excluding carboxylic acids is 2. The maximum Gasteiger partial charge on any atom is 0.352 e. The molecule has 2 aromatic heterocycles. The third kappa shape index (κ3) is 5.07. The number of hydrogen-bond acceptors (Lipinski definition) is 5. The van der Waals surface area contributed by atoms with Gasteiger partial charge in [-0.15, -0.1) is 5.10 Å². The maximum atomic E-state index is 14.2. The largest absolute Gasteiger partial charge is 0.352 e. The zero-order valence-electron chi connectivity index (χ0n) is 20.9. The molecule has 0 fully saturated rings. The van der Waals surface area contributed by atoms with Crippen LogP contribution in [0.15, 0.2) is 46.0 Å². The molecule has 0 bridgehead atoms. The molecule has 0 saturated carbocycles. The first kappa shape index (κ1) is 25.9. The number of fused-ring (bicyclic) bond motifs is 3. The predicted octanol–water partition coefficient (Wildman–Crippen LogP) is 3.16. The highest BCUT2D eigenvalue weighted by Crippen LogP contribution is 2.16. The first-order valence-electron chi connectivity index (χ1n) is 11.9. The molecule has 0 spiro atoms. The summed E-state index contributed by atoms with van der Waals surface area (Å²) in [6, 6.07) is 6.84. The zero-order chi connectivity index (χ0) is 27.0. The number of aromatic nitrogens is 4. The van der Waals surface area contributed by atoms with Gasteiger partial charge >= 0.3 is 5.69 Å². The summed E-state index contributed by atoms with van der Waals surface area (Å²) in [6.07, 6.45) is 0.622. The zero-order valence-corrected chi connectivity index (χ0v) is 20.9. The topological polar surface area (TPSA) is 107 Å². The Morgan fingerprint density at radius 2 is 1.76 bits per heavy atom. The molecule has 4 aromatic rings. The first-order chi connectivity index (χ1) is 17.5. The SMILES string of the molecule is CC(C)CCn1c(=O)c2ccc(C(=O)NC(C)C)cc2n2c(=O)n(CC(=O)c3ccc(F)cc3F)nc12. The Morgan fingerprint density at radius 3 is 2.41 bits per heavy atom. The molecule has 2 heterocycles. The number of aryl methyl sites for hydroxylation is 1. The van der Waals surface area contributed by atoms with Gasteiger partial charge in [-0.25, -0.2) is 22.7 Å². The lowest BCUT2D eigenvalue weighted by Crippen LogP contribution is -2.31. The summed E-state index contributed by atoms with van der Waals surface area (Å²) in [7, 11) is 0. The summed E-state index contributed by atoms with van der Waals surface area (Å²) in [4.78, 5) is 52.2. The summed E-state index contributed by atoms with van der Waals surface area (Å²) >= 11 is 0. The quantitative estimate of drug-likeness (QED) is 0.366. The van der Waals surface area contributed by atoms with Crippen LogP contribution in [-0.4, -0.2) is 36.5 Å². The van der Waals surface area contributed by atoms with Crippen LogP contribution in [0.25, 0.3) is 16.7 Å².